The Labute approximate surface area is 83.7 Å². The highest BCUT2D eigenvalue weighted by Gasteiger charge is 1.87. The smallest absolute Gasteiger partial charge is 0.241 e. The van der Waals surface area contributed by atoms with Crippen molar-refractivity contribution in [2.75, 3.05) is 0 Å². The van der Waals surface area contributed by atoms with Crippen LogP contribution in [-0.2, 0) is 4.79 Å². The van der Waals surface area contributed by atoms with Crippen LogP contribution < -0.4 is 5.73 Å². The van der Waals surface area contributed by atoms with E-state index in [1.165, 1.54) is 6.08 Å². The van der Waals surface area contributed by atoms with Crippen LogP contribution >= 0.6 is 0 Å². The van der Waals surface area contributed by atoms with Crippen molar-refractivity contribution in [3.05, 3.63) is 53.6 Å². The van der Waals surface area contributed by atoms with Crippen LogP contribution in [0.25, 0.3) is 6.08 Å². The number of rotatable bonds is 3. The van der Waals surface area contributed by atoms with E-state index in [0.29, 0.717) is 0 Å². The van der Waals surface area contributed by atoms with Gasteiger partial charge in [0, 0.05) is 6.08 Å². The third-order valence-electron chi connectivity index (χ3n) is 1.71. The zero-order valence-corrected chi connectivity index (χ0v) is 8.10. The van der Waals surface area contributed by atoms with Crippen molar-refractivity contribution in [2.24, 2.45) is 5.73 Å². The van der Waals surface area contributed by atoms with Crippen LogP contribution in [-0.4, -0.2) is 5.91 Å². The van der Waals surface area contributed by atoms with Crippen LogP contribution in [0.2, 0.25) is 0 Å². The molecule has 0 unspecified atom stereocenters. The van der Waals surface area contributed by atoms with Crippen LogP contribution in [0.4, 0.5) is 0 Å². The Kier molecular flexibility index (Phi) is 3.68. The monoisotopic (exact) mass is 187 g/mol. The molecule has 1 rings (SSSR count). The minimum atomic E-state index is -0.416. The van der Waals surface area contributed by atoms with Crippen LogP contribution in [0.15, 0.2) is 48.1 Å². The third-order valence-corrected chi connectivity index (χ3v) is 1.71. The molecule has 2 nitrogen and oxygen atoms in total. The summed E-state index contributed by atoms with van der Waals surface area (Å²) in [6, 6.07) is 9.88. The summed E-state index contributed by atoms with van der Waals surface area (Å²) in [7, 11) is 0. The first-order valence-electron chi connectivity index (χ1n) is 4.39. The summed E-state index contributed by atoms with van der Waals surface area (Å²) in [5, 5.41) is 0. The van der Waals surface area contributed by atoms with E-state index in [9.17, 15) is 4.79 Å². The molecule has 0 bridgehead atoms. The number of allylic oxidation sites excluding steroid dienone is 2. The predicted molar refractivity (Wildman–Crippen MR) is 58.4 cm³/mol. The lowest BCUT2D eigenvalue weighted by Gasteiger charge is -1.92. The summed E-state index contributed by atoms with van der Waals surface area (Å²) in [6.45, 7) is 1.84. The van der Waals surface area contributed by atoms with Gasteiger partial charge in [0.1, 0.15) is 0 Å². The molecule has 1 amide bonds. The Morgan fingerprint density at radius 1 is 1.29 bits per heavy atom. The highest BCUT2D eigenvalue weighted by atomic mass is 16.1. The number of carbonyl (C=O) groups excluding carboxylic acids is 1. The molecule has 0 aliphatic rings. The molecule has 2 heteroatoms. The lowest BCUT2D eigenvalue weighted by Crippen LogP contribution is -2.06. The molecule has 1 aromatic carbocycles. The molecule has 2 N–H and O–H groups in total. The minimum absolute atomic E-state index is 0.416. The van der Waals surface area contributed by atoms with E-state index in [2.05, 4.69) is 0 Å². The van der Waals surface area contributed by atoms with Crippen molar-refractivity contribution in [1.29, 1.82) is 0 Å². The average Bonchev–Trinajstić information content (AvgIpc) is 2.15. The van der Waals surface area contributed by atoms with Gasteiger partial charge in [-0.05, 0) is 18.1 Å². The van der Waals surface area contributed by atoms with Crippen LogP contribution in [0.1, 0.15) is 12.5 Å². The molecule has 0 radical (unpaired) electrons. The third kappa shape index (κ3) is 3.72. The van der Waals surface area contributed by atoms with Gasteiger partial charge in [-0.1, -0.05) is 42.5 Å². The van der Waals surface area contributed by atoms with E-state index in [4.69, 9.17) is 5.73 Å². The van der Waals surface area contributed by atoms with Crippen molar-refractivity contribution in [3.63, 3.8) is 0 Å². The number of nitrogens with two attached hydrogens (primary N) is 1. The normalized spacial score (nSPS) is 11.9. The molecule has 72 valence electrons. The van der Waals surface area contributed by atoms with Crippen molar-refractivity contribution in [3.8, 4) is 0 Å². The van der Waals surface area contributed by atoms with Crippen molar-refractivity contribution in [1.82, 2.24) is 0 Å². The number of hydrogen-bond donors (Lipinski definition) is 1. The van der Waals surface area contributed by atoms with Gasteiger partial charge in [-0.2, -0.15) is 0 Å². The number of amides is 1. The molecule has 0 aliphatic heterocycles. The largest absolute Gasteiger partial charge is 0.366 e. The quantitative estimate of drug-likeness (QED) is 0.571. The summed E-state index contributed by atoms with van der Waals surface area (Å²) in [4.78, 5) is 10.5. The van der Waals surface area contributed by atoms with Gasteiger partial charge in [0.15, 0.2) is 0 Å². The van der Waals surface area contributed by atoms with E-state index < -0.39 is 5.91 Å². The molecular weight excluding hydrogens is 174 g/mol. The number of primary amides is 1. The summed E-state index contributed by atoms with van der Waals surface area (Å²) in [5.41, 5.74) is 6.96. The first-order valence-corrected chi connectivity index (χ1v) is 4.39. The van der Waals surface area contributed by atoms with Gasteiger partial charge < -0.3 is 5.73 Å². The maximum Gasteiger partial charge on any atom is 0.241 e. The van der Waals surface area contributed by atoms with E-state index in [1.54, 1.807) is 0 Å². The first kappa shape index (κ1) is 10.3. The average molecular weight is 187 g/mol. The highest BCUT2D eigenvalue weighted by molar-refractivity contribution is 5.87. The molecule has 0 heterocycles. The van der Waals surface area contributed by atoms with E-state index in [-0.39, 0.29) is 0 Å². The van der Waals surface area contributed by atoms with Gasteiger partial charge in [0.25, 0.3) is 0 Å². The Bertz CT molecular complexity index is 363. The van der Waals surface area contributed by atoms with Crippen LogP contribution in [0.5, 0.6) is 0 Å². The lowest BCUT2D eigenvalue weighted by molar-refractivity contribution is -0.113. The SMILES string of the molecule is CC(=C/C(N)=O)/C=C/c1ccccc1. The molecule has 0 atom stereocenters. The van der Waals surface area contributed by atoms with Crippen molar-refractivity contribution in [2.45, 2.75) is 6.92 Å². The lowest BCUT2D eigenvalue weighted by atomic mass is 10.1. The topological polar surface area (TPSA) is 43.1 Å². The van der Waals surface area contributed by atoms with Crippen molar-refractivity contribution >= 4 is 12.0 Å². The maximum atomic E-state index is 10.5. The van der Waals surface area contributed by atoms with Gasteiger partial charge in [0.2, 0.25) is 5.91 Å². The maximum absolute atomic E-state index is 10.5. The summed E-state index contributed by atoms with van der Waals surface area (Å²) < 4.78 is 0. The first-order chi connectivity index (χ1) is 6.68. The van der Waals surface area contributed by atoms with E-state index in [0.717, 1.165) is 11.1 Å². The second-order valence-corrected chi connectivity index (χ2v) is 3.03. The Morgan fingerprint density at radius 3 is 2.50 bits per heavy atom. The van der Waals surface area contributed by atoms with Gasteiger partial charge in [-0.15, -0.1) is 0 Å². The fourth-order valence-corrected chi connectivity index (χ4v) is 1.06. The Balaban J connectivity index is 2.70. The zero-order chi connectivity index (χ0) is 10.4. The fraction of sp³-hybridized carbons (Fsp3) is 0.0833. The number of benzene rings is 1. The molecule has 0 aromatic heterocycles. The van der Waals surface area contributed by atoms with Gasteiger partial charge in [-0.3, -0.25) is 4.79 Å². The number of hydrogen-bond acceptors (Lipinski definition) is 1. The zero-order valence-electron chi connectivity index (χ0n) is 8.10. The van der Waals surface area contributed by atoms with Gasteiger partial charge >= 0.3 is 0 Å². The number of carbonyl (C=O) groups is 1. The van der Waals surface area contributed by atoms with E-state index in [1.807, 2.05) is 49.4 Å². The molecule has 0 saturated heterocycles. The Morgan fingerprint density at radius 2 is 1.93 bits per heavy atom. The second kappa shape index (κ2) is 5.02. The summed E-state index contributed by atoms with van der Waals surface area (Å²) >= 11 is 0. The fourth-order valence-electron chi connectivity index (χ4n) is 1.06. The second-order valence-electron chi connectivity index (χ2n) is 3.03. The summed E-state index contributed by atoms with van der Waals surface area (Å²) in [5.74, 6) is -0.416. The predicted octanol–water partition coefficient (Wildman–Crippen LogP) is 2.13. The van der Waals surface area contributed by atoms with Crippen molar-refractivity contribution < 1.29 is 4.79 Å². The highest BCUT2D eigenvalue weighted by Crippen LogP contribution is 2.04. The van der Waals surface area contributed by atoms with Crippen LogP contribution in [0, 0.1) is 0 Å². The minimum Gasteiger partial charge on any atom is -0.366 e. The van der Waals surface area contributed by atoms with Crippen LogP contribution in [0.3, 0.4) is 0 Å². The molecular formula is C12H13NO. The Hall–Kier alpha value is -1.83. The van der Waals surface area contributed by atoms with Gasteiger partial charge in [0.05, 0.1) is 0 Å². The molecule has 0 fully saturated rings. The summed E-state index contributed by atoms with van der Waals surface area (Å²) in [6.07, 6.45) is 5.20. The van der Waals surface area contributed by atoms with E-state index >= 15 is 0 Å². The molecule has 0 saturated carbocycles. The standard InChI is InChI=1S/C12H13NO/c1-10(9-12(13)14)7-8-11-5-3-2-4-6-11/h2-9H,1H3,(H2,13,14)/b8-7+,10-9-. The molecule has 14 heavy (non-hydrogen) atoms. The molecule has 1 aromatic rings. The molecule has 0 spiro atoms. The molecule has 0 aliphatic carbocycles. The van der Waals surface area contributed by atoms with Gasteiger partial charge in [-0.25, -0.2) is 0 Å².